The highest BCUT2D eigenvalue weighted by Gasteiger charge is 2.25. The molecule has 0 aliphatic heterocycles. The van der Waals surface area contributed by atoms with E-state index in [0.717, 1.165) is 12.0 Å². The maximum Gasteiger partial charge on any atom is 0.240 e. The van der Waals surface area contributed by atoms with E-state index in [9.17, 15) is 9.59 Å². The second-order valence-electron chi connectivity index (χ2n) is 5.36. The number of nitrogens with one attached hydrogen (secondary N) is 1. The van der Waals surface area contributed by atoms with Gasteiger partial charge in [0.2, 0.25) is 11.8 Å². The van der Waals surface area contributed by atoms with Gasteiger partial charge in [-0.05, 0) is 17.9 Å². The molecule has 0 spiro atoms. The third kappa shape index (κ3) is 4.68. The van der Waals surface area contributed by atoms with Gasteiger partial charge in [-0.3, -0.25) is 9.59 Å². The Morgan fingerprint density at radius 3 is 2.30 bits per heavy atom. The van der Waals surface area contributed by atoms with E-state index in [4.69, 9.17) is 5.73 Å². The number of benzene rings is 1. The molecule has 3 atom stereocenters. The number of hydrogen-bond donors (Lipinski definition) is 2. The lowest BCUT2D eigenvalue weighted by Crippen LogP contribution is -2.49. The summed E-state index contributed by atoms with van der Waals surface area (Å²) in [6, 6.07) is 9.23. The van der Waals surface area contributed by atoms with Gasteiger partial charge in [0.25, 0.3) is 0 Å². The van der Waals surface area contributed by atoms with Crippen LogP contribution in [0.1, 0.15) is 32.8 Å². The minimum absolute atomic E-state index is 0.0420. The Balaban J connectivity index is 2.62. The molecule has 4 nitrogen and oxygen atoms in total. The Morgan fingerprint density at radius 2 is 1.80 bits per heavy atom. The highest BCUT2D eigenvalue weighted by atomic mass is 16.2. The van der Waals surface area contributed by atoms with Crippen LogP contribution in [0.15, 0.2) is 30.3 Å². The summed E-state index contributed by atoms with van der Waals surface area (Å²) in [5.41, 5.74) is 6.47. The van der Waals surface area contributed by atoms with E-state index in [-0.39, 0.29) is 17.7 Å². The van der Waals surface area contributed by atoms with E-state index < -0.39 is 11.9 Å². The second kappa shape index (κ2) is 7.68. The van der Waals surface area contributed by atoms with E-state index >= 15 is 0 Å². The lowest BCUT2D eigenvalue weighted by Gasteiger charge is -2.23. The molecule has 1 rings (SSSR count). The second-order valence-corrected chi connectivity index (χ2v) is 5.36. The molecule has 110 valence electrons. The first-order valence-electron chi connectivity index (χ1n) is 7.09. The number of rotatable bonds is 7. The normalized spacial score (nSPS) is 15.2. The molecule has 4 heteroatoms. The highest BCUT2D eigenvalue weighted by molar-refractivity contribution is 5.87. The van der Waals surface area contributed by atoms with Gasteiger partial charge in [-0.15, -0.1) is 0 Å². The molecule has 0 saturated heterocycles. The van der Waals surface area contributed by atoms with E-state index in [1.54, 1.807) is 0 Å². The van der Waals surface area contributed by atoms with Crippen LogP contribution in [0.5, 0.6) is 0 Å². The van der Waals surface area contributed by atoms with Crippen molar-refractivity contribution in [2.24, 2.45) is 17.6 Å². The number of carbonyl (C=O) groups is 2. The Bertz CT molecular complexity index is 445. The molecule has 0 radical (unpaired) electrons. The van der Waals surface area contributed by atoms with Crippen molar-refractivity contribution < 1.29 is 9.59 Å². The van der Waals surface area contributed by atoms with Crippen LogP contribution in [0, 0.1) is 11.8 Å². The molecule has 0 aliphatic carbocycles. The third-order valence-corrected chi connectivity index (χ3v) is 3.65. The van der Waals surface area contributed by atoms with Crippen LogP contribution >= 0.6 is 0 Å². The van der Waals surface area contributed by atoms with Crippen molar-refractivity contribution in [3.63, 3.8) is 0 Å². The van der Waals surface area contributed by atoms with Gasteiger partial charge < -0.3 is 11.1 Å². The standard InChI is InChI=1S/C16H24N2O2/c1-4-11(2)14(15(17)19)18-16(20)12(3)10-13-8-6-5-7-9-13/h5-9,11-12,14H,4,10H2,1-3H3,(H2,17,19)(H,18,20)/t11-,12-,14-/m0/s1. The summed E-state index contributed by atoms with van der Waals surface area (Å²) < 4.78 is 0. The zero-order valence-corrected chi connectivity index (χ0v) is 12.4. The average molecular weight is 276 g/mol. The lowest BCUT2D eigenvalue weighted by atomic mass is 9.96. The maximum atomic E-state index is 12.2. The van der Waals surface area contributed by atoms with Crippen LogP contribution in [-0.2, 0) is 16.0 Å². The predicted octanol–water partition coefficient (Wildman–Crippen LogP) is 1.88. The van der Waals surface area contributed by atoms with Crippen LogP contribution in [-0.4, -0.2) is 17.9 Å². The molecular weight excluding hydrogens is 252 g/mol. The van der Waals surface area contributed by atoms with E-state index in [1.807, 2.05) is 51.1 Å². The van der Waals surface area contributed by atoms with Gasteiger partial charge in [-0.25, -0.2) is 0 Å². The number of carbonyl (C=O) groups excluding carboxylic acids is 2. The first kappa shape index (κ1) is 16.2. The van der Waals surface area contributed by atoms with Crippen molar-refractivity contribution in [3.05, 3.63) is 35.9 Å². The quantitative estimate of drug-likeness (QED) is 0.798. The van der Waals surface area contributed by atoms with Gasteiger partial charge in [-0.1, -0.05) is 57.5 Å². The molecule has 20 heavy (non-hydrogen) atoms. The molecule has 0 unspecified atom stereocenters. The number of nitrogens with two attached hydrogens (primary N) is 1. The van der Waals surface area contributed by atoms with E-state index in [1.165, 1.54) is 0 Å². The van der Waals surface area contributed by atoms with Crippen LogP contribution < -0.4 is 11.1 Å². The van der Waals surface area contributed by atoms with Gasteiger partial charge in [0.15, 0.2) is 0 Å². The number of primary amides is 1. The first-order chi connectivity index (χ1) is 9.45. The minimum atomic E-state index is -0.592. The summed E-state index contributed by atoms with van der Waals surface area (Å²) in [5.74, 6) is -0.749. The van der Waals surface area contributed by atoms with Gasteiger partial charge in [0.1, 0.15) is 6.04 Å². The van der Waals surface area contributed by atoms with E-state index in [2.05, 4.69) is 5.32 Å². The number of hydrogen-bond acceptors (Lipinski definition) is 2. The molecule has 1 aromatic carbocycles. The largest absolute Gasteiger partial charge is 0.368 e. The Labute approximate surface area is 120 Å². The molecule has 1 aromatic rings. The van der Waals surface area contributed by atoms with Crippen molar-refractivity contribution in [2.75, 3.05) is 0 Å². The zero-order valence-electron chi connectivity index (χ0n) is 12.4. The fraction of sp³-hybridized carbons (Fsp3) is 0.500. The fourth-order valence-corrected chi connectivity index (χ4v) is 2.09. The Morgan fingerprint density at radius 1 is 1.20 bits per heavy atom. The van der Waals surface area contributed by atoms with E-state index in [0.29, 0.717) is 6.42 Å². The van der Waals surface area contributed by atoms with Crippen LogP contribution in [0.25, 0.3) is 0 Å². The molecular formula is C16H24N2O2. The SMILES string of the molecule is CC[C@H](C)[C@H](NC(=O)[C@@H](C)Cc1ccccc1)C(N)=O. The average Bonchev–Trinajstić information content (AvgIpc) is 2.44. The molecule has 0 aromatic heterocycles. The Hall–Kier alpha value is -1.84. The lowest BCUT2D eigenvalue weighted by molar-refractivity contribution is -0.130. The molecule has 3 N–H and O–H groups in total. The summed E-state index contributed by atoms with van der Waals surface area (Å²) >= 11 is 0. The smallest absolute Gasteiger partial charge is 0.240 e. The van der Waals surface area contributed by atoms with Gasteiger partial charge in [-0.2, -0.15) is 0 Å². The third-order valence-electron chi connectivity index (χ3n) is 3.65. The zero-order chi connectivity index (χ0) is 15.1. The minimum Gasteiger partial charge on any atom is -0.368 e. The fourth-order valence-electron chi connectivity index (χ4n) is 2.09. The van der Waals surface area contributed by atoms with Crippen molar-refractivity contribution in [1.29, 1.82) is 0 Å². The van der Waals surface area contributed by atoms with Crippen LogP contribution in [0.4, 0.5) is 0 Å². The van der Waals surface area contributed by atoms with Gasteiger partial charge in [0, 0.05) is 5.92 Å². The van der Waals surface area contributed by atoms with Gasteiger partial charge in [0.05, 0.1) is 0 Å². The maximum absolute atomic E-state index is 12.2. The predicted molar refractivity (Wildman–Crippen MR) is 79.9 cm³/mol. The van der Waals surface area contributed by atoms with Gasteiger partial charge >= 0.3 is 0 Å². The molecule has 0 heterocycles. The topological polar surface area (TPSA) is 72.2 Å². The van der Waals surface area contributed by atoms with Crippen LogP contribution in [0.3, 0.4) is 0 Å². The summed E-state index contributed by atoms with van der Waals surface area (Å²) in [6.07, 6.45) is 1.44. The van der Waals surface area contributed by atoms with Crippen molar-refractivity contribution in [1.82, 2.24) is 5.32 Å². The van der Waals surface area contributed by atoms with Crippen molar-refractivity contribution in [3.8, 4) is 0 Å². The monoisotopic (exact) mass is 276 g/mol. The molecule has 0 aliphatic rings. The van der Waals surface area contributed by atoms with Crippen molar-refractivity contribution >= 4 is 11.8 Å². The first-order valence-corrected chi connectivity index (χ1v) is 7.09. The molecule has 2 amide bonds. The summed E-state index contributed by atoms with van der Waals surface area (Å²) in [7, 11) is 0. The summed E-state index contributed by atoms with van der Waals surface area (Å²) in [5, 5.41) is 2.77. The molecule has 0 saturated carbocycles. The highest BCUT2D eigenvalue weighted by Crippen LogP contribution is 2.11. The Kier molecular flexibility index (Phi) is 6.22. The summed E-state index contributed by atoms with van der Waals surface area (Å²) in [6.45, 7) is 5.74. The van der Waals surface area contributed by atoms with Crippen LogP contribution in [0.2, 0.25) is 0 Å². The molecule has 0 bridgehead atoms. The number of amides is 2. The van der Waals surface area contributed by atoms with Crippen molar-refractivity contribution in [2.45, 2.75) is 39.7 Å². The molecule has 0 fully saturated rings. The summed E-state index contributed by atoms with van der Waals surface area (Å²) in [4.78, 5) is 23.6.